The summed E-state index contributed by atoms with van der Waals surface area (Å²) >= 11 is 0. The summed E-state index contributed by atoms with van der Waals surface area (Å²) in [4.78, 5) is 15.7. The number of carbonyl (C=O) groups excluding carboxylic acids is 1. The lowest BCUT2D eigenvalue weighted by Gasteiger charge is -2.19. The molecule has 0 aliphatic rings. The van der Waals surface area contributed by atoms with Crippen molar-refractivity contribution in [1.29, 1.82) is 0 Å². The standard InChI is InChI=1S/C24H25O2S/c1-24(2,3)18-14-16-20(17-15-18)27(19-10-6-5-7-11-19)22-13-9-8-12-21(22)23(25)26-4/h5-17H,1-4H3/q+1. The summed E-state index contributed by atoms with van der Waals surface area (Å²) in [6.45, 7) is 6.64. The van der Waals surface area contributed by atoms with Crippen molar-refractivity contribution in [2.45, 2.75) is 40.9 Å². The Hall–Kier alpha value is -2.52. The van der Waals surface area contributed by atoms with Gasteiger partial charge in [-0.25, -0.2) is 4.79 Å². The fourth-order valence-electron chi connectivity index (χ4n) is 2.96. The molecule has 1 atom stereocenters. The summed E-state index contributed by atoms with van der Waals surface area (Å²) in [5.41, 5.74) is 2.02. The van der Waals surface area contributed by atoms with E-state index < -0.39 is 0 Å². The molecule has 0 bridgehead atoms. The van der Waals surface area contributed by atoms with E-state index in [9.17, 15) is 4.79 Å². The van der Waals surface area contributed by atoms with Crippen LogP contribution in [0, 0.1) is 0 Å². The summed E-state index contributed by atoms with van der Waals surface area (Å²) in [5, 5.41) is 0. The Morgan fingerprint density at radius 3 is 1.93 bits per heavy atom. The second-order valence-electron chi connectivity index (χ2n) is 7.38. The van der Waals surface area contributed by atoms with Gasteiger partial charge in [0, 0.05) is 0 Å². The molecule has 3 aromatic rings. The van der Waals surface area contributed by atoms with Gasteiger partial charge in [0.05, 0.1) is 7.11 Å². The van der Waals surface area contributed by atoms with Gasteiger partial charge in [0.1, 0.15) is 16.5 Å². The summed E-state index contributed by atoms with van der Waals surface area (Å²) in [6.07, 6.45) is 0. The van der Waals surface area contributed by atoms with Crippen LogP contribution in [0.2, 0.25) is 0 Å². The zero-order valence-corrected chi connectivity index (χ0v) is 17.0. The number of esters is 1. The van der Waals surface area contributed by atoms with E-state index in [2.05, 4.69) is 57.2 Å². The van der Waals surface area contributed by atoms with E-state index in [0.29, 0.717) is 5.56 Å². The molecule has 0 fully saturated rings. The molecule has 3 heteroatoms. The third-order valence-corrected chi connectivity index (χ3v) is 6.73. The Balaban J connectivity index is 2.16. The number of methoxy groups -OCH3 is 1. The van der Waals surface area contributed by atoms with E-state index in [1.54, 1.807) is 0 Å². The van der Waals surface area contributed by atoms with Crippen LogP contribution in [0.3, 0.4) is 0 Å². The highest BCUT2D eigenvalue weighted by Crippen LogP contribution is 2.34. The second kappa shape index (κ2) is 8.01. The third kappa shape index (κ3) is 4.25. The quantitative estimate of drug-likeness (QED) is 0.420. The van der Waals surface area contributed by atoms with Crippen LogP contribution in [0.25, 0.3) is 0 Å². The van der Waals surface area contributed by atoms with Gasteiger partial charge in [-0.1, -0.05) is 63.2 Å². The molecule has 0 saturated carbocycles. The van der Waals surface area contributed by atoms with Gasteiger partial charge in [-0.05, 0) is 47.4 Å². The highest BCUT2D eigenvalue weighted by molar-refractivity contribution is 7.97. The highest BCUT2D eigenvalue weighted by Gasteiger charge is 2.33. The molecule has 0 heterocycles. The number of carbonyl (C=O) groups is 1. The first kappa shape index (κ1) is 19.2. The molecule has 0 aliphatic heterocycles. The van der Waals surface area contributed by atoms with E-state index in [1.165, 1.54) is 22.5 Å². The molecule has 0 saturated heterocycles. The molecule has 1 unspecified atom stereocenters. The SMILES string of the molecule is COC(=O)c1ccccc1[S+](c1ccccc1)c1ccc(C(C)(C)C)cc1. The molecule has 0 radical (unpaired) electrons. The third-order valence-electron chi connectivity index (χ3n) is 4.45. The number of hydrogen-bond acceptors (Lipinski definition) is 2. The zero-order chi connectivity index (χ0) is 19.4. The Kier molecular flexibility index (Phi) is 5.71. The maximum absolute atomic E-state index is 12.4. The van der Waals surface area contributed by atoms with Gasteiger partial charge >= 0.3 is 5.97 Å². The van der Waals surface area contributed by atoms with Crippen LogP contribution in [0.15, 0.2) is 93.5 Å². The van der Waals surface area contributed by atoms with Crippen LogP contribution in [0.4, 0.5) is 0 Å². The fraction of sp³-hybridized carbons (Fsp3) is 0.208. The van der Waals surface area contributed by atoms with Crippen molar-refractivity contribution in [1.82, 2.24) is 0 Å². The minimum Gasteiger partial charge on any atom is -0.465 e. The number of hydrogen-bond donors (Lipinski definition) is 0. The normalized spacial score (nSPS) is 12.4. The van der Waals surface area contributed by atoms with Gasteiger partial charge in [-0.15, -0.1) is 0 Å². The van der Waals surface area contributed by atoms with Crippen LogP contribution in [0.1, 0.15) is 36.7 Å². The first-order valence-corrected chi connectivity index (χ1v) is 10.2. The van der Waals surface area contributed by atoms with Crippen molar-refractivity contribution in [3.63, 3.8) is 0 Å². The molecule has 0 amide bonds. The van der Waals surface area contributed by atoms with Crippen LogP contribution in [0.5, 0.6) is 0 Å². The minimum absolute atomic E-state index is 0.105. The van der Waals surface area contributed by atoms with Gasteiger partial charge in [0.25, 0.3) is 0 Å². The first-order valence-electron chi connectivity index (χ1n) is 8.99. The fourth-order valence-corrected chi connectivity index (χ4v) is 5.16. The number of ether oxygens (including phenoxy) is 1. The molecule has 3 aromatic carbocycles. The molecule has 0 aromatic heterocycles. The number of rotatable bonds is 4. The zero-order valence-electron chi connectivity index (χ0n) is 16.2. The monoisotopic (exact) mass is 377 g/mol. The van der Waals surface area contributed by atoms with E-state index in [4.69, 9.17) is 4.74 Å². The molecule has 27 heavy (non-hydrogen) atoms. The van der Waals surface area contributed by atoms with Crippen LogP contribution < -0.4 is 0 Å². The van der Waals surface area contributed by atoms with E-state index in [0.717, 1.165) is 4.90 Å². The molecule has 2 nitrogen and oxygen atoms in total. The average Bonchev–Trinajstić information content (AvgIpc) is 2.68. The highest BCUT2D eigenvalue weighted by atomic mass is 32.2. The molecular formula is C24H25O2S+. The van der Waals surface area contributed by atoms with Crippen LogP contribution in [-0.2, 0) is 21.0 Å². The summed E-state index contributed by atoms with van der Waals surface area (Å²) < 4.78 is 5.03. The lowest BCUT2D eigenvalue weighted by molar-refractivity contribution is 0.0596. The average molecular weight is 378 g/mol. The van der Waals surface area contributed by atoms with Gasteiger partial charge in [0.15, 0.2) is 14.7 Å². The van der Waals surface area contributed by atoms with E-state index in [-0.39, 0.29) is 22.3 Å². The Labute approximate surface area is 164 Å². The predicted molar refractivity (Wildman–Crippen MR) is 112 cm³/mol. The first-order chi connectivity index (χ1) is 12.9. The van der Waals surface area contributed by atoms with Gasteiger partial charge < -0.3 is 4.74 Å². The number of benzene rings is 3. The van der Waals surface area contributed by atoms with Gasteiger partial charge in [-0.2, -0.15) is 0 Å². The molecule has 138 valence electrons. The van der Waals surface area contributed by atoms with Crippen LogP contribution in [-0.4, -0.2) is 13.1 Å². The Bertz CT molecular complexity index is 909. The summed E-state index contributed by atoms with van der Waals surface area (Å²) in [7, 11) is 1.04. The Morgan fingerprint density at radius 1 is 0.778 bits per heavy atom. The van der Waals surface area contributed by atoms with Gasteiger partial charge in [-0.3, -0.25) is 0 Å². The maximum atomic E-state index is 12.4. The van der Waals surface area contributed by atoms with Gasteiger partial charge in [0.2, 0.25) is 0 Å². The lowest BCUT2D eigenvalue weighted by Crippen LogP contribution is -2.14. The molecule has 0 spiro atoms. The molecule has 0 N–H and O–H groups in total. The van der Waals surface area contributed by atoms with Crippen molar-refractivity contribution >= 4 is 16.9 Å². The summed E-state index contributed by atoms with van der Waals surface area (Å²) in [6, 6.07) is 26.8. The van der Waals surface area contributed by atoms with Crippen molar-refractivity contribution < 1.29 is 9.53 Å². The predicted octanol–water partition coefficient (Wildman–Crippen LogP) is 5.87. The molecule has 3 rings (SSSR count). The topological polar surface area (TPSA) is 26.3 Å². The lowest BCUT2D eigenvalue weighted by atomic mass is 9.87. The largest absolute Gasteiger partial charge is 0.465 e. The smallest absolute Gasteiger partial charge is 0.343 e. The van der Waals surface area contributed by atoms with Crippen LogP contribution >= 0.6 is 0 Å². The van der Waals surface area contributed by atoms with E-state index in [1.807, 2.05) is 42.5 Å². The maximum Gasteiger partial charge on any atom is 0.343 e. The van der Waals surface area contributed by atoms with E-state index >= 15 is 0 Å². The van der Waals surface area contributed by atoms with Crippen molar-refractivity contribution in [3.8, 4) is 0 Å². The Morgan fingerprint density at radius 2 is 1.33 bits per heavy atom. The summed E-state index contributed by atoms with van der Waals surface area (Å²) in [5.74, 6) is -0.301. The van der Waals surface area contributed by atoms with Crippen molar-refractivity contribution in [3.05, 3.63) is 90.0 Å². The molecule has 0 aliphatic carbocycles. The minimum atomic E-state index is -0.384. The van der Waals surface area contributed by atoms with Crippen molar-refractivity contribution in [2.24, 2.45) is 0 Å². The molecular weight excluding hydrogens is 352 g/mol. The van der Waals surface area contributed by atoms with Crippen molar-refractivity contribution in [2.75, 3.05) is 7.11 Å². The second-order valence-corrected chi connectivity index (χ2v) is 9.38.